The Bertz CT molecular complexity index is 160. The van der Waals surface area contributed by atoms with Gasteiger partial charge < -0.3 is 10.4 Å². The van der Waals surface area contributed by atoms with Crippen LogP contribution in [0.25, 0.3) is 0 Å². The van der Waals surface area contributed by atoms with Crippen LogP contribution in [0, 0.1) is 5.41 Å². The SMILES string of the molecule is CSCCC(=O)NCC(C)(C)CO. The molecule has 3 nitrogen and oxygen atoms in total. The van der Waals surface area contributed by atoms with Crippen molar-refractivity contribution in [3.63, 3.8) is 0 Å². The molecule has 0 aliphatic heterocycles. The van der Waals surface area contributed by atoms with E-state index in [4.69, 9.17) is 5.11 Å². The quantitative estimate of drug-likeness (QED) is 0.676. The summed E-state index contributed by atoms with van der Waals surface area (Å²) >= 11 is 1.66. The molecule has 1 amide bonds. The van der Waals surface area contributed by atoms with E-state index in [1.807, 2.05) is 20.1 Å². The maximum atomic E-state index is 11.2. The topological polar surface area (TPSA) is 49.3 Å². The summed E-state index contributed by atoms with van der Waals surface area (Å²) in [5.74, 6) is 0.918. The molecule has 0 spiro atoms. The summed E-state index contributed by atoms with van der Waals surface area (Å²) < 4.78 is 0. The Balaban J connectivity index is 3.57. The number of hydrogen-bond acceptors (Lipinski definition) is 3. The molecule has 13 heavy (non-hydrogen) atoms. The zero-order chi connectivity index (χ0) is 10.3. The van der Waals surface area contributed by atoms with E-state index in [9.17, 15) is 4.79 Å². The molecule has 0 saturated carbocycles. The first-order chi connectivity index (χ1) is 6.02. The summed E-state index contributed by atoms with van der Waals surface area (Å²) in [5, 5.41) is 11.7. The zero-order valence-corrected chi connectivity index (χ0v) is 9.41. The molecule has 0 fully saturated rings. The van der Waals surface area contributed by atoms with Crippen LogP contribution in [0.5, 0.6) is 0 Å². The average molecular weight is 205 g/mol. The first-order valence-corrected chi connectivity index (χ1v) is 5.78. The number of rotatable bonds is 6. The molecular weight excluding hydrogens is 186 g/mol. The lowest BCUT2D eigenvalue weighted by atomic mass is 9.95. The van der Waals surface area contributed by atoms with Crippen LogP contribution in [0.3, 0.4) is 0 Å². The number of thioether (sulfide) groups is 1. The smallest absolute Gasteiger partial charge is 0.220 e. The van der Waals surface area contributed by atoms with Gasteiger partial charge in [0, 0.05) is 30.7 Å². The predicted octanol–water partition coefficient (Wildman–Crippen LogP) is 0.874. The third-order valence-electron chi connectivity index (χ3n) is 1.73. The van der Waals surface area contributed by atoms with Crippen molar-refractivity contribution in [3.8, 4) is 0 Å². The Morgan fingerprint density at radius 1 is 1.54 bits per heavy atom. The second kappa shape index (κ2) is 6.27. The van der Waals surface area contributed by atoms with Gasteiger partial charge in [0.15, 0.2) is 0 Å². The number of amides is 1. The minimum atomic E-state index is -0.213. The van der Waals surface area contributed by atoms with E-state index in [1.165, 1.54) is 0 Å². The fourth-order valence-electron chi connectivity index (χ4n) is 0.677. The molecule has 0 radical (unpaired) electrons. The standard InChI is InChI=1S/C9H19NO2S/c1-9(2,7-11)6-10-8(12)4-5-13-3/h11H,4-7H2,1-3H3,(H,10,12). The first-order valence-electron chi connectivity index (χ1n) is 4.38. The van der Waals surface area contributed by atoms with Crippen LogP contribution in [0.15, 0.2) is 0 Å². The maximum absolute atomic E-state index is 11.2. The van der Waals surface area contributed by atoms with Crippen LogP contribution < -0.4 is 5.32 Å². The van der Waals surface area contributed by atoms with Gasteiger partial charge in [-0.15, -0.1) is 0 Å². The number of aliphatic hydroxyl groups is 1. The van der Waals surface area contributed by atoms with Crippen molar-refractivity contribution < 1.29 is 9.90 Å². The van der Waals surface area contributed by atoms with Crippen LogP contribution in [0.1, 0.15) is 20.3 Å². The van der Waals surface area contributed by atoms with Crippen molar-refractivity contribution in [2.75, 3.05) is 25.2 Å². The Labute approximate surface area is 84.3 Å². The van der Waals surface area contributed by atoms with Crippen molar-refractivity contribution in [2.45, 2.75) is 20.3 Å². The zero-order valence-electron chi connectivity index (χ0n) is 8.59. The van der Waals surface area contributed by atoms with E-state index in [2.05, 4.69) is 5.32 Å². The van der Waals surface area contributed by atoms with Gasteiger partial charge in [-0.3, -0.25) is 4.79 Å². The number of carbonyl (C=O) groups is 1. The summed E-state index contributed by atoms with van der Waals surface area (Å²) in [6, 6.07) is 0. The van der Waals surface area contributed by atoms with Gasteiger partial charge in [-0.2, -0.15) is 11.8 Å². The molecule has 78 valence electrons. The van der Waals surface area contributed by atoms with Crippen molar-refractivity contribution in [2.24, 2.45) is 5.41 Å². The van der Waals surface area contributed by atoms with Gasteiger partial charge in [0.1, 0.15) is 0 Å². The average Bonchev–Trinajstić information content (AvgIpc) is 2.11. The fraction of sp³-hybridized carbons (Fsp3) is 0.889. The molecule has 0 atom stereocenters. The minimum absolute atomic E-state index is 0.0656. The third kappa shape index (κ3) is 6.90. The van der Waals surface area contributed by atoms with Gasteiger partial charge in [-0.1, -0.05) is 13.8 Å². The predicted molar refractivity (Wildman–Crippen MR) is 56.9 cm³/mol. The highest BCUT2D eigenvalue weighted by molar-refractivity contribution is 7.98. The largest absolute Gasteiger partial charge is 0.396 e. The van der Waals surface area contributed by atoms with E-state index < -0.39 is 0 Å². The second-order valence-corrected chi connectivity index (χ2v) is 4.83. The van der Waals surface area contributed by atoms with Crippen molar-refractivity contribution in [1.82, 2.24) is 5.32 Å². The van der Waals surface area contributed by atoms with Gasteiger partial charge in [-0.25, -0.2) is 0 Å². The van der Waals surface area contributed by atoms with E-state index in [1.54, 1.807) is 11.8 Å². The van der Waals surface area contributed by atoms with E-state index in [-0.39, 0.29) is 17.9 Å². The Morgan fingerprint density at radius 3 is 2.62 bits per heavy atom. The normalized spacial score (nSPS) is 11.4. The van der Waals surface area contributed by atoms with E-state index >= 15 is 0 Å². The molecule has 0 heterocycles. The third-order valence-corrected chi connectivity index (χ3v) is 2.34. The Hall–Kier alpha value is -0.220. The molecule has 0 aliphatic carbocycles. The summed E-state index contributed by atoms with van der Waals surface area (Å²) in [5.41, 5.74) is -0.213. The molecule has 4 heteroatoms. The van der Waals surface area contributed by atoms with Crippen LogP contribution in [-0.2, 0) is 4.79 Å². The molecule has 0 aromatic carbocycles. The molecule has 0 aromatic rings. The number of carbonyl (C=O) groups excluding carboxylic acids is 1. The Morgan fingerprint density at radius 2 is 2.15 bits per heavy atom. The Kier molecular flexibility index (Phi) is 6.16. The van der Waals surface area contributed by atoms with Gasteiger partial charge in [-0.05, 0) is 6.26 Å². The lowest BCUT2D eigenvalue weighted by Crippen LogP contribution is -2.36. The molecule has 0 unspecified atom stereocenters. The van der Waals surface area contributed by atoms with Crippen LogP contribution in [-0.4, -0.2) is 36.2 Å². The summed E-state index contributed by atoms with van der Waals surface area (Å²) in [7, 11) is 0. The first kappa shape index (κ1) is 12.8. The van der Waals surface area contributed by atoms with Crippen LogP contribution >= 0.6 is 11.8 Å². The van der Waals surface area contributed by atoms with Gasteiger partial charge >= 0.3 is 0 Å². The van der Waals surface area contributed by atoms with Crippen LogP contribution in [0.4, 0.5) is 0 Å². The minimum Gasteiger partial charge on any atom is -0.396 e. The number of nitrogens with one attached hydrogen (secondary N) is 1. The molecule has 0 saturated heterocycles. The molecule has 0 aromatic heterocycles. The fourth-order valence-corrected chi connectivity index (χ4v) is 1.07. The number of hydrogen-bond donors (Lipinski definition) is 2. The summed E-state index contributed by atoms with van der Waals surface area (Å²) in [4.78, 5) is 11.2. The van der Waals surface area contributed by atoms with Gasteiger partial charge in [0.05, 0.1) is 0 Å². The van der Waals surface area contributed by atoms with E-state index in [0.717, 1.165) is 5.75 Å². The molecule has 0 rings (SSSR count). The lowest BCUT2D eigenvalue weighted by molar-refractivity contribution is -0.121. The lowest BCUT2D eigenvalue weighted by Gasteiger charge is -2.21. The summed E-state index contributed by atoms with van der Waals surface area (Å²) in [6.45, 7) is 4.47. The molecule has 2 N–H and O–H groups in total. The monoisotopic (exact) mass is 205 g/mol. The molecule has 0 aliphatic rings. The van der Waals surface area contributed by atoms with Gasteiger partial charge in [0.2, 0.25) is 5.91 Å². The van der Waals surface area contributed by atoms with Gasteiger partial charge in [0.25, 0.3) is 0 Å². The highest BCUT2D eigenvalue weighted by Crippen LogP contribution is 2.11. The van der Waals surface area contributed by atoms with Crippen molar-refractivity contribution in [1.29, 1.82) is 0 Å². The molecular formula is C9H19NO2S. The maximum Gasteiger partial charge on any atom is 0.220 e. The highest BCUT2D eigenvalue weighted by atomic mass is 32.2. The number of aliphatic hydroxyl groups excluding tert-OH is 1. The van der Waals surface area contributed by atoms with Crippen molar-refractivity contribution >= 4 is 17.7 Å². The van der Waals surface area contributed by atoms with Crippen LogP contribution in [0.2, 0.25) is 0 Å². The summed E-state index contributed by atoms with van der Waals surface area (Å²) in [6.07, 6.45) is 2.54. The van der Waals surface area contributed by atoms with Crippen molar-refractivity contribution in [3.05, 3.63) is 0 Å². The molecule has 0 bridgehead atoms. The second-order valence-electron chi connectivity index (χ2n) is 3.84. The van der Waals surface area contributed by atoms with E-state index in [0.29, 0.717) is 13.0 Å². The highest BCUT2D eigenvalue weighted by Gasteiger charge is 2.16.